The lowest BCUT2D eigenvalue weighted by Gasteiger charge is -2.10. The molecule has 0 bridgehead atoms. The van der Waals surface area contributed by atoms with Crippen molar-refractivity contribution in [3.8, 4) is 0 Å². The van der Waals surface area contributed by atoms with Gasteiger partial charge in [0.15, 0.2) is 5.96 Å². The van der Waals surface area contributed by atoms with Crippen LogP contribution in [0.25, 0.3) is 0 Å². The maximum absolute atomic E-state index is 5.69. The van der Waals surface area contributed by atoms with E-state index in [0.717, 1.165) is 58.1 Å². The van der Waals surface area contributed by atoms with Gasteiger partial charge in [0.25, 0.3) is 0 Å². The first-order valence-electron chi connectivity index (χ1n) is 9.00. The van der Waals surface area contributed by atoms with Crippen LogP contribution >= 0.6 is 0 Å². The van der Waals surface area contributed by atoms with Crippen LogP contribution in [0.5, 0.6) is 0 Å². The summed E-state index contributed by atoms with van der Waals surface area (Å²) in [5.41, 5.74) is 1.34. The minimum absolute atomic E-state index is 0.800. The van der Waals surface area contributed by atoms with Crippen molar-refractivity contribution < 1.29 is 4.74 Å². The molecule has 0 aliphatic carbocycles. The number of benzene rings is 1. The molecule has 0 fully saturated rings. The van der Waals surface area contributed by atoms with Gasteiger partial charge < -0.3 is 15.4 Å². The number of unbranched alkanes of at least 4 members (excludes halogenated alkanes) is 2. The third kappa shape index (κ3) is 10.7. The Labute approximate surface area is 141 Å². The fourth-order valence-electron chi connectivity index (χ4n) is 2.17. The van der Waals surface area contributed by atoms with Crippen molar-refractivity contribution in [3.05, 3.63) is 35.9 Å². The molecule has 1 aromatic carbocycles. The Morgan fingerprint density at radius 3 is 2.57 bits per heavy atom. The molecule has 0 unspecified atom stereocenters. The smallest absolute Gasteiger partial charge is 0.191 e. The molecule has 4 nitrogen and oxygen atoms in total. The summed E-state index contributed by atoms with van der Waals surface area (Å²) in [5.74, 6) is 0.936. The zero-order chi connectivity index (χ0) is 16.6. The zero-order valence-corrected chi connectivity index (χ0v) is 14.8. The van der Waals surface area contributed by atoms with Crippen LogP contribution in [0.2, 0.25) is 0 Å². The molecule has 0 saturated carbocycles. The number of hydrogen-bond acceptors (Lipinski definition) is 2. The van der Waals surface area contributed by atoms with E-state index >= 15 is 0 Å². The van der Waals surface area contributed by atoms with Gasteiger partial charge in [0, 0.05) is 26.2 Å². The molecule has 0 aliphatic rings. The number of ether oxygens (including phenoxy) is 1. The topological polar surface area (TPSA) is 45.7 Å². The predicted octanol–water partition coefficient (Wildman–Crippen LogP) is 3.38. The van der Waals surface area contributed by atoms with Crippen molar-refractivity contribution in [2.24, 2.45) is 4.99 Å². The lowest BCUT2D eigenvalue weighted by Crippen LogP contribution is -2.37. The molecule has 0 atom stereocenters. The third-order valence-electron chi connectivity index (χ3n) is 3.51. The second-order valence-electron chi connectivity index (χ2n) is 5.60. The van der Waals surface area contributed by atoms with Gasteiger partial charge in [0.05, 0.1) is 6.61 Å². The minimum atomic E-state index is 0.800. The van der Waals surface area contributed by atoms with Crippen LogP contribution in [0.4, 0.5) is 0 Å². The molecule has 4 heteroatoms. The number of nitrogens with one attached hydrogen (secondary N) is 2. The average Bonchev–Trinajstić information content (AvgIpc) is 2.58. The molecule has 0 spiro atoms. The molecule has 23 heavy (non-hydrogen) atoms. The number of aliphatic imine (C=N–C) groups is 1. The largest absolute Gasteiger partial charge is 0.381 e. The Hall–Kier alpha value is -1.55. The summed E-state index contributed by atoms with van der Waals surface area (Å²) in [7, 11) is 0. The summed E-state index contributed by atoms with van der Waals surface area (Å²) in [6.07, 6.45) is 5.50. The second kappa shape index (κ2) is 14.1. The minimum Gasteiger partial charge on any atom is -0.381 e. The second-order valence-corrected chi connectivity index (χ2v) is 5.60. The highest BCUT2D eigenvalue weighted by Crippen LogP contribution is 2.00. The van der Waals surface area contributed by atoms with Gasteiger partial charge in [0.1, 0.15) is 0 Å². The molecule has 1 rings (SSSR count). The Bertz CT molecular complexity index is 406. The number of nitrogens with zero attached hydrogens (tertiary/aromatic N) is 1. The maximum atomic E-state index is 5.69. The van der Waals surface area contributed by atoms with E-state index in [1.54, 1.807) is 0 Å². The Balaban J connectivity index is 2.02. The highest BCUT2D eigenvalue weighted by Gasteiger charge is 1.96. The van der Waals surface area contributed by atoms with Gasteiger partial charge in [-0.25, -0.2) is 0 Å². The zero-order valence-electron chi connectivity index (χ0n) is 14.8. The molecule has 2 N–H and O–H groups in total. The van der Waals surface area contributed by atoms with Gasteiger partial charge in [0.2, 0.25) is 0 Å². The summed E-state index contributed by atoms with van der Waals surface area (Å²) in [4.78, 5) is 4.59. The molecule has 0 aromatic heterocycles. The van der Waals surface area contributed by atoms with Gasteiger partial charge in [-0.15, -0.1) is 0 Å². The standard InChI is InChI=1S/C19H33N3O/c1-3-5-14-21-19(20-4-2)22-15-9-10-16-23-17-13-18-11-7-6-8-12-18/h6-8,11-12H,3-5,9-10,13-17H2,1-2H3,(H2,20,21,22). The Kier molecular flexibility index (Phi) is 11.9. The lowest BCUT2D eigenvalue weighted by atomic mass is 10.2. The van der Waals surface area contributed by atoms with E-state index in [9.17, 15) is 0 Å². The average molecular weight is 319 g/mol. The molecular formula is C19H33N3O. The summed E-state index contributed by atoms with van der Waals surface area (Å²) in [6.45, 7) is 8.66. The van der Waals surface area contributed by atoms with Gasteiger partial charge in [-0.2, -0.15) is 0 Å². The molecule has 130 valence electrons. The fraction of sp³-hybridized carbons (Fsp3) is 0.632. The lowest BCUT2D eigenvalue weighted by molar-refractivity contribution is 0.134. The molecule has 0 heterocycles. The monoisotopic (exact) mass is 319 g/mol. The molecule has 0 aliphatic heterocycles. The molecular weight excluding hydrogens is 286 g/mol. The van der Waals surface area contributed by atoms with E-state index in [1.807, 2.05) is 6.07 Å². The molecule has 0 radical (unpaired) electrons. The molecule has 0 amide bonds. The van der Waals surface area contributed by atoms with Crippen molar-refractivity contribution in [3.63, 3.8) is 0 Å². The van der Waals surface area contributed by atoms with Crippen molar-refractivity contribution >= 4 is 5.96 Å². The van der Waals surface area contributed by atoms with Crippen molar-refractivity contribution in [2.75, 3.05) is 32.8 Å². The normalized spacial score (nSPS) is 11.5. The van der Waals surface area contributed by atoms with E-state index in [2.05, 4.69) is 53.7 Å². The first-order chi connectivity index (χ1) is 11.4. The number of rotatable bonds is 12. The fourth-order valence-corrected chi connectivity index (χ4v) is 2.17. The summed E-state index contributed by atoms with van der Waals surface area (Å²) >= 11 is 0. The first kappa shape index (κ1) is 19.5. The van der Waals surface area contributed by atoms with E-state index in [0.29, 0.717) is 0 Å². The van der Waals surface area contributed by atoms with Gasteiger partial charge >= 0.3 is 0 Å². The van der Waals surface area contributed by atoms with Crippen LogP contribution in [0, 0.1) is 0 Å². The molecule has 0 saturated heterocycles. The van der Waals surface area contributed by atoms with Crippen LogP contribution < -0.4 is 10.6 Å². The Morgan fingerprint density at radius 1 is 1.00 bits per heavy atom. The van der Waals surface area contributed by atoms with Gasteiger partial charge in [-0.1, -0.05) is 43.7 Å². The van der Waals surface area contributed by atoms with Crippen molar-refractivity contribution in [2.45, 2.75) is 46.0 Å². The predicted molar refractivity (Wildman–Crippen MR) is 99.1 cm³/mol. The van der Waals surface area contributed by atoms with E-state index in [-0.39, 0.29) is 0 Å². The van der Waals surface area contributed by atoms with Crippen molar-refractivity contribution in [1.29, 1.82) is 0 Å². The Morgan fingerprint density at radius 2 is 1.83 bits per heavy atom. The summed E-state index contributed by atoms with van der Waals surface area (Å²) in [5, 5.41) is 6.64. The highest BCUT2D eigenvalue weighted by atomic mass is 16.5. The van der Waals surface area contributed by atoms with Crippen molar-refractivity contribution in [1.82, 2.24) is 10.6 Å². The summed E-state index contributed by atoms with van der Waals surface area (Å²) in [6, 6.07) is 10.5. The van der Waals surface area contributed by atoms with Crippen LogP contribution in [0.15, 0.2) is 35.3 Å². The van der Waals surface area contributed by atoms with Gasteiger partial charge in [-0.3, -0.25) is 4.99 Å². The maximum Gasteiger partial charge on any atom is 0.191 e. The highest BCUT2D eigenvalue weighted by molar-refractivity contribution is 5.79. The van der Waals surface area contributed by atoms with Crippen LogP contribution in [0.3, 0.4) is 0 Å². The SMILES string of the molecule is CCCCNC(=NCCCCOCCc1ccccc1)NCC. The van der Waals surface area contributed by atoms with Crippen LogP contribution in [-0.2, 0) is 11.2 Å². The third-order valence-corrected chi connectivity index (χ3v) is 3.51. The van der Waals surface area contributed by atoms with Crippen LogP contribution in [0.1, 0.15) is 45.1 Å². The molecule has 1 aromatic rings. The van der Waals surface area contributed by atoms with E-state index in [4.69, 9.17) is 4.74 Å². The van der Waals surface area contributed by atoms with Gasteiger partial charge in [-0.05, 0) is 38.2 Å². The summed E-state index contributed by atoms with van der Waals surface area (Å²) < 4.78 is 5.69. The number of guanidine groups is 1. The van der Waals surface area contributed by atoms with Crippen LogP contribution in [-0.4, -0.2) is 38.8 Å². The quantitative estimate of drug-likeness (QED) is 0.353. The number of hydrogen-bond donors (Lipinski definition) is 2. The first-order valence-corrected chi connectivity index (χ1v) is 9.00. The van der Waals surface area contributed by atoms with E-state index < -0.39 is 0 Å². The van der Waals surface area contributed by atoms with E-state index in [1.165, 1.54) is 18.4 Å².